The van der Waals surface area contributed by atoms with E-state index in [2.05, 4.69) is 35.8 Å². The fraction of sp³-hybridized carbons (Fsp3) is 0.643. The fourth-order valence-electron chi connectivity index (χ4n) is 3.15. The minimum absolute atomic E-state index is 0.0605. The van der Waals surface area contributed by atoms with Crippen LogP contribution in [0.2, 0.25) is 0 Å². The molecule has 138 valence electrons. The molecule has 0 bridgehead atoms. The largest absolute Gasteiger partial charge is 0.329 e. The molecule has 1 fully saturated rings. The number of hydrogen-bond donors (Lipinski definition) is 1. The van der Waals surface area contributed by atoms with Crippen molar-refractivity contribution in [2.24, 2.45) is 0 Å². The maximum Gasteiger partial charge on any atom is 0.329 e. The van der Waals surface area contributed by atoms with Crippen LogP contribution in [0.3, 0.4) is 0 Å². The van der Waals surface area contributed by atoms with Gasteiger partial charge in [-0.25, -0.2) is 23.2 Å². The van der Waals surface area contributed by atoms with Gasteiger partial charge in [-0.3, -0.25) is 14.5 Å². The Bertz CT molecular complexity index is 916. The molecule has 3 rings (SSSR count). The van der Waals surface area contributed by atoms with Gasteiger partial charge in [0.25, 0.3) is 0 Å². The second-order valence-electron chi connectivity index (χ2n) is 6.19. The SMILES string of the molecule is CCC(CN1CCN(S(C)(=O)=O)CC1)n1c(=O)[nH]c2ncc(Br)nc21. The van der Waals surface area contributed by atoms with Crippen LogP contribution in [0.1, 0.15) is 19.4 Å². The van der Waals surface area contributed by atoms with Crippen LogP contribution >= 0.6 is 15.9 Å². The van der Waals surface area contributed by atoms with Gasteiger partial charge in [-0.1, -0.05) is 6.92 Å². The lowest BCUT2D eigenvalue weighted by Gasteiger charge is -2.35. The highest BCUT2D eigenvalue weighted by atomic mass is 79.9. The number of hydrogen-bond acceptors (Lipinski definition) is 6. The number of halogens is 1. The third kappa shape index (κ3) is 3.94. The number of aromatic amines is 1. The quantitative estimate of drug-likeness (QED) is 0.733. The van der Waals surface area contributed by atoms with Gasteiger partial charge in [0.2, 0.25) is 10.0 Å². The first-order valence-electron chi connectivity index (χ1n) is 8.10. The standard InChI is InChI=1S/C14H21BrN6O3S/c1-3-10(9-19-4-6-20(7-5-19)25(2,23)24)21-13-12(18-14(21)22)16-8-11(15)17-13/h8,10H,3-7,9H2,1-2H3,(H,16,18,22). The van der Waals surface area contributed by atoms with Crippen LogP contribution in [-0.2, 0) is 10.0 Å². The van der Waals surface area contributed by atoms with E-state index in [1.807, 2.05) is 6.92 Å². The molecule has 1 unspecified atom stereocenters. The van der Waals surface area contributed by atoms with Crippen LogP contribution in [0.15, 0.2) is 15.6 Å². The minimum atomic E-state index is -3.14. The average molecular weight is 433 g/mol. The Labute approximate surface area is 154 Å². The third-order valence-electron chi connectivity index (χ3n) is 4.50. The number of aromatic nitrogens is 4. The van der Waals surface area contributed by atoms with Crippen molar-refractivity contribution in [2.75, 3.05) is 39.0 Å². The summed E-state index contributed by atoms with van der Waals surface area (Å²) in [5, 5.41) is 0. The van der Waals surface area contributed by atoms with Gasteiger partial charge in [0.15, 0.2) is 11.3 Å². The zero-order chi connectivity index (χ0) is 18.2. The molecule has 0 aromatic carbocycles. The summed E-state index contributed by atoms with van der Waals surface area (Å²) in [6, 6.07) is -0.0605. The van der Waals surface area contributed by atoms with Crippen molar-refractivity contribution in [1.29, 1.82) is 0 Å². The van der Waals surface area contributed by atoms with Gasteiger partial charge in [-0.2, -0.15) is 4.31 Å². The number of rotatable bonds is 5. The van der Waals surface area contributed by atoms with E-state index in [0.717, 1.165) is 6.42 Å². The lowest BCUT2D eigenvalue weighted by molar-refractivity contribution is 0.164. The summed E-state index contributed by atoms with van der Waals surface area (Å²) in [6.45, 7) is 4.93. The summed E-state index contributed by atoms with van der Waals surface area (Å²) in [5.41, 5.74) is 0.768. The maximum absolute atomic E-state index is 12.4. The molecule has 0 aliphatic carbocycles. The van der Waals surface area contributed by atoms with Crippen molar-refractivity contribution >= 4 is 37.2 Å². The molecule has 9 nitrogen and oxygen atoms in total. The van der Waals surface area contributed by atoms with Gasteiger partial charge in [-0.15, -0.1) is 0 Å². The Morgan fingerprint density at radius 2 is 2.00 bits per heavy atom. The van der Waals surface area contributed by atoms with E-state index < -0.39 is 10.0 Å². The molecule has 3 heterocycles. The topological polar surface area (TPSA) is 104 Å². The van der Waals surface area contributed by atoms with Crippen molar-refractivity contribution < 1.29 is 8.42 Å². The van der Waals surface area contributed by atoms with Crippen molar-refractivity contribution in [1.82, 2.24) is 28.7 Å². The summed E-state index contributed by atoms with van der Waals surface area (Å²) in [5.74, 6) is 0. The first-order valence-corrected chi connectivity index (χ1v) is 10.7. The van der Waals surface area contributed by atoms with Crippen LogP contribution in [-0.4, -0.2) is 76.1 Å². The first-order chi connectivity index (χ1) is 11.8. The molecule has 1 aliphatic rings. The van der Waals surface area contributed by atoms with E-state index in [0.29, 0.717) is 48.6 Å². The second kappa shape index (κ2) is 7.14. The maximum atomic E-state index is 12.4. The predicted octanol–water partition coefficient (Wildman–Crippen LogP) is 0.410. The van der Waals surface area contributed by atoms with Gasteiger partial charge in [0.05, 0.1) is 18.5 Å². The Kier molecular flexibility index (Phi) is 5.28. The summed E-state index contributed by atoms with van der Waals surface area (Å²) >= 11 is 3.29. The number of fused-ring (bicyclic) bond motifs is 1. The minimum Gasteiger partial charge on any atom is -0.299 e. The highest BCUT2D eigenvalue weighted by molar-refractivity contribution is 9.10. The summed E-state index contributed by atoms with van der Waals surface area (Å²) in [7, 11) is -3.14. The molecule has 0 spiro atoms. The summed E-state index contributed by atoms with van der Waals surface area (Å²) in [6.07, 6.45) is 3.54. The summed E-state index contributed by atoms with van der Waals surface area (Å²) < 4.78 is 27.0. The zero-order valence-corrected chi connectivity index (χ0v) is 16.5. The highest BCUT2D eigenvalue weighted by Gasteiger charge is 2.26. The molecule has 0 radical (unpaired) electrons. The number of piperazine rings is 1. The molecule has 1 atom stereocenters. The van der Waals surface area contributed by atoms with E-state index in [9.17, 15) is 13.2 Å². The van der Waals surface area contributed by atoms with Crippen LogP contribution < -0.4 is 5.69 Å². The molecule has 1 saturated heterocycles. The average Bonchev–Trinajstić information content (AvgIpc) is 2.87. The molecular weight excluding hydrogens is 412 g/mol. The number of nitrogens with zero attached hydrogens (tertiary/aromatic N) is 5. The van der Waals surface area contributed by atoms with E-state index in [-0.39, 0.29) is 11.7 Å². The fourth-order valence-corrected chi connectivity index (χ4v) is 4.24. The van der Waals surface area contributed by atoms with Gasteiger partial charge in [-0.05, 0) is 22.4 Å². The van der Waals surface area contributed by atoms with Crippen LogP contribution in [0.25, 0.3) is 11.3 Å². The van der Waals surface area contributed by atoms with Crippen LogP contribution in [0.4, 0.5) is 0 Å². The van der Waals surface area contributed by atoms with E-state index >= 15 is 0 Å². The van der Waals surface area contributed by atoms with Crippen molar-refractivity contribution in [2.45, 2.75) is 19.4 Å². The smallest absolute Gasteiger partial charge is 0.299 e. The van der Waals surface area contributed by atoms with E-state index in [4.69, 9.17) is 0 Å². The molecule has 1 aliphatic heterocycles. The zero-order valence-electron chi connectivity index (χ0n) is 14.1. The van der Waals surface area contributed by atoms with E-state index in [1.54, 1.807) is 10.8 Å². The van der Waals surface area contributed by atoms with E-state index in [1.165, 1.54) is 10.6 Å². The van der Waals surface area contributed by atoms with Gasteiger partial charge in [0.1, 0.15) is 4.60 Å². The van der Waals surface area contributed by atoms with Crippen LogP contribution in [0, 0.1) is 0 Å². The predicted molar refractivity (Wildman–Crippen MR) is 98.0 cm³/mol. The molecular formula is C14H21BrN6O3S. The Hall–Kier alpha value is -1.30. The van der Waals surface area contributed by atoms with Crippen molar-refractivity contribution in [3.05, 3.63) is 21.3 Å². The number of imidazole rings is 1. The molecule has 0 amide bonds. The number of H-pyrrole nitrogens is 1. The van der Waals surface area contributed by atoms with Gasteiger partial charge in [0, 0.05) is 32.7 Å². The Morgan fingerprint density at radius 1 is 1.32 bits per heavy atom. The van der Waals surface area contributed by atoms with Gasteiger partial charge < -0.3 is 0 Å². The number of sulfonamides is 1. The van der Waals surface area contributed by atoms with Crippen LogP contribution in [0.5, 0.6) is 0 Å². The lowest BCUT2D eigenvalue weighted by Crippen LogP contribution is -2.49. The summed E-state index contributed by atoms with van der Waals surface area (Å²) in [4.78, 5) is 25.9. The molecule has 2 aromatic rings. The molecule has 25 heavy (non-hydrogen) atoms. The monoisotopic (exact) mass is 432 g/mol. The Morgan fingerprint density at radius 3 is 2.60 bits per heavy atom. The van der Waals surface area contributed by atoms with Crippen molar-refractivity contribution in [3.8, 4) is 0 Å². The normalized spacial score (nSPS) is 18.7. The Balaban J connectivity index is 1.79. The highest BCUT2D eigenvalue weighted by Crippen LogP contribution is 2.19. The molecule has 0 saturated carbocycles. The van der Waals surface area contributed by atoms with Gasteiger partial charge >= 0.3 is 5.69 Å². The molecule has 2 aromatic heterocycles. The lowest BCUT2D eigenvalue weighted by atomic mass is 10.2. The third-order valence-corrected chi connectivity index (χ3v) is 6.19. The second-order valence-corrected chi connectivity index (χ2v) is 8.98. The molecule has 1 N–H and O–H groups in total. The first kappa shape index (κ1) is 18.5. The number of nitrogens with one attached hydrogen (secondary N) is 1. The molecule has 11 heteroatoms. The van der Waals surface area contributed by atoms with Crippen molar-refractivity contribution in [3.63, 3.8) is 0 Å².